The average Bonchev–Trinajstić information content (AvgIpc) is 2.58. The maximum Gasteiger partial charge on any atom is 0.133 e. The van der Waals surface area contributed by atoms with Gasteiger partial charge in [-0.05, 0) is 30.0 Å². The largest absolute Gasteiger partial charge is 0.360 e. The van der Waals surface area contributed by atoms with Crippen LogP contribution >= 0.6 is 11.6 Å². The quantitative estimate of drug-likeness (QED) is 0.754. The van der Waals surface area contributed by atoms with Gasteiger partial charge in [-0.25, -0.2) is 4.98 Å². The molecule has 0 radical (unpaired) electrons. The highest BCUT2D eigenvalue weighted by Gasteiger charge is 2.07. The maximum atomic E-state index is 6.06. The van der Waals surface area contributed by atoms with Crippen LogP contribution in [0.4, 0.5) is 0 Å². The summed E-state index contributed by atoms with van der Waals surface area (Å²) in [6.45, 7) is 4.20. The van der Waals surface area contributed by atoms with Gasteiger partial charge in [0.05, 0.1) is 11.0 Å². The second-order valence-corrected chi connectivity index (χ2v) is 3.71. The summed E-state index contributed by atoms with van der Waals surface area (Å²) in [7, 11) is 0. The molecule has 0 aromatic carbocycles. The van der Waals surface area contributed by atoms with Crippen molar-refractivity contribution in [1.82, 2.24) is 9.97 Å². The molecule has 1 N–H and O–H groups in total. The summed E-state index contributed by atoms with van der Waals surface area (Å²) in [6.07, 6.45) is 3.91. The number of nitrogens with zero attached hydrogens (tertiary/aromatic N) is 1. The number of rotatable bonds is 2. The summed E-state index contributed by atoms with van der Waals surface area (Å²) in [6, 6.07) is 2.09. The molecule has 0 unspecified atom stereocenters. The Kier molecular flexibility index (Phi) is 2.46. The Labute approximate surface area is 88.3 Å². The normalized spacial score (nSPS) is 11.1. The van der Waals surface area contributed by atoms with E-state index in [1.807, 2.05) is 6.20 Å². The van der Waals surface area contributed by atoms with E-state index in [-0.39, 0.29) is 0 Å². The Hall–Kier alpha value is -1.02. The number of fused-ring (bicyclic) bond motifs is 1. The van der Waals surface area contributed by atoms with Gasteiger partial charge in [-0.15, -0.1) is 0 Å². The van der Waals surface area contributed by atoms with Gasteiger partial charge in [-0.3, -0.25) is 0 Å². The van der Waals surface area contributed by atoms with Crippen molar-refractivity contribution in [3.63, 3.8) is 0 Å². The molecule has 2 aromatic heterocycles. The third-order valence-corrected chi connectivity index (χ3v) is 2.84. The molecule has 74 valence electrons. The highest BCUT2D eigenvalue weighted by Crippen LogP contribution is 2.23. The van der Waals surface area contributed by atoms with Crippen LogP contribution in [-0.2, 0) is 12.8 Å². The van der Waals surface area contributed by atoms with Gasteiger partial charge < -0.3 is 4.98 Å². The van der Waals surface area contributed by atoms with E-state index in [9.17, 15) is 0 Å². The molecule has 2 rings (SSSR count). The number of halogens is 1. The number of nitrogens with one attached hydrogen (secondary N) is 1. The summed E-state index contributed by atoms with van der Waals surface area (Å²) in [5, 5.41) is 0.634. The van der Waals surface area contributed by atoms with Gasteiger partial charge in [0.15, 0.2) is 0 Å². The first-order chi connectivity index (χ1) is 6.76. The van der Waals surface area contributed by atoms with Gasteiger partial charge in [0.1, 0.15) is 5.15 Å². The van der Waals surface area contributed by atoms with Crippen molar-refractivity contribution < 1.29 is 0 Å². The zero-order chi connectivity index (χ0) is 10.1. The molecule has 14 heavy (non-hydrogen) atoms. The van der Waals surface area contributed by atoms with Crippen LogP contribution in [0.1, 0.15) is 25.0 Å². The molecule has 0 aliphatic heterocycles. The Balaban J connectivity index is 2.69. The third-order valence-electron chi connectivity index (χ3n) is 2.52. The van der Waals surface area contributed by atoms with E-state index >= 15 is 0 Å². The minimum absolute atomic E-state index is 0.634. The number of H-pyrrole nitrogens is 1. The van der Waals surface area contributed by atoms with Crippen LogP contribution in [0.25, 0.3) is 11.0 Å². The summed E-state index contributed by atoms with van der Waals surface area (Å²) in [4.78, 5) is 7.63. The first-order valence-electron chi connectivity index (χ1n) is 4.91. The molecule has 0 amide bonds. The first kappa shape index (κ1) is 9.53. The van der Waals surface area contributed by atoms with Crippen molar-refractivity contribution in [3.8, 4) is 0 Å². The van der Waals surface area contributed by atoms with Gasteiger partial charge in [0, 0.05) is 6.20 Å². The van der Waals surface area contributed by atoms with Crippen LogP contribution in [0.15, 0.2) is 12.3 Å². The molecule has 0 atom stereocenters. The van der Waals surface area contributed by atoms with Crippen LogP contribution in [0.5, 0.6) is 0 Å². The van der Waals surface area contributed by atoms with Gasteiger partial charge >= 0.3 is 0 Å². The maximum absolute atomic E-state index is 6.06. The standard InChI is InChI=1S/C11H13ClN2/c1-3-7-5-9-10(14-11(7)12)8(4-2)6-13-9/h5-6,13H,3-4H2,1-2H3. The van der Waals surface area contributed by atoms with E-state index in [0.29, 0.717) is 5.15 Å². The van der Waals surface area contributed by atoms with E-state index in [2.05, 4.69) is 29.9 Å². The van der Waals surface area contributed by atoms with Gasteiger partial charge in [-0.1, -0.05) is 25.4 Å². The van der Waals surface area contributed by atoms with Crippen molar-refractivity contribution >= 4 is 22.6 Å². The lowest BCUT2D eigenvalue weighted by molar-refractivity contribution is 1.11. The zero-order valence-electron chi connectivity index (χ0n) is 8.39. The minimum atomic E-state index is 0.634. The monoisotopic (exact) mass is 208 g/mol. The van der Waals surface area contributed by atoms with Crippen LogP contribution in [-0.4, -0.2) is 9.97 Å². The molecule has 0 bridgehead atoms. The number of aryl methyl sites for hydroxylation is 2. The number of aromatic nitrogens is 2. The van der Waals surface area contributed by atoms with E-state index < -0.39 is 0 Å². The summed E-state index contributed by atoms with van der Waals surface area (Å²) in [5.74, 6) is 0. The molecule has 0 spiro atoms. The molecule has 2 aromatic rings. The lowest BCUT2D eigenvalue weighted by Gasteiger charge is -2.00. The van der Waals surface area contributed by atoms with Crippen molar-refractivity contribution in [2.75, 3.05) is 0 Å². The van der Waals surface area contributed by atoms with E-state index in [1.54, 1.807) is 0 Å². The third kappa shape index (κ3) is 1.40. The molecular formula is C11H13ClN2. The Bertz CT molecular complexity index is 460. The molecule has 0 aliphatic carbocycles. The predicted octanol–water partition coefficient (Wildman–Crippen LogP) is 3.34. The lowest BCUT2D eigenvalue weighted by atomic mass is 10.2. The van der Waals surface area contributed by atoms with E-state index in [4.69, 9.17) is 11.6 Å². The van der Waals surface area contributed by atoms with Gasteiger partial charge in [0.25, 0.3) is 0 Å². The smallest absolute Gasteiger partial charge is 0.133 e. The molecule has 0 saturated carbocycles. The molecule has 0 aliphatic rings. The van der Waals surface area contributed by atoms with Crippen LogP contribution in [0, 0.1) is 0 Å². The highest BCUT2D eigenvalue weighted by atomic mass is 35.5. The number of hydrogen-bond acceptors (Lipinski definition) is 1. The van der Waals surface area contributed by atoms with E-state index in [0.717, 1.165) is 29.4 Å². The second kappa shape index (κ2) is 3.62. The van der Waals surface area contributed by atoms with Gasteiger partial charge in [0.2, 0.25) is 0 Å². The summed E-state index contributed by atoms with van der Waals surface area (Å²) < 4.78 is 0. The number of hydrogen-bond donors (Lipinski definition) is 1. The summed E-state index contributed by atoms with van der Waals surface area (Å²) >= 11 is 6.06. The minimum Gasteiger partial charge on any atom is -0.360 e. The van der Waals surface area contributed by atoms with Gasteiger partial charge in [-0.2, -0.15) is 0 Å². The number of aromatic amines is 1. The topological polar surface area (TPSA) is 28.7 Å². The molecule has 2 nitrogen and oxygen atoms in total. The Morgan fingerprint density at radius 1 is 1.29 bits per heavy atom. The molecule has 0 fully saturated rings. The first-order valence-corrected chi connectivity index (χ1v) is 5.29. The van der Waals surface area contributed by atoms with E-state index in [1.165, 1.54) is 5.56 Å². The molecular weight excluding hydrogens is 196 g/mol. The zero-order valence-corrected chi connectivity index (χ0v) is 9.15. The van der Waals surface area contributed by atoms with Crippen molar-refractivity contribution in [2.24, 2.45) is 0 Å². The summed E-state index contributed by atoms with van der Waals surface area (Å²) in [5.41, 5.74) is 4.42. The lowest BCUT2D eigenvalue weighted by Crippen LogP contribution is -1.88. The highest BCUT2D eigenvalue weighted by molar-refractivity contribution is 6.30. The Morgan fingerprint density at radius 3 is 2.64 bits per heavy atom. The molecule has 0 saturated heterocycles. The fraction of sp³-hybridized carbons (Fsp3) is 0.364. The fourth-order valence-corrected chi connectivity index (χ4v) is 1.91. The SMILES string of the molecule is CCc1cc2[nH]cc(CC)c2nc1Cl. The predicted molar refractivity (Wildman–Crippen MR) is 59.9 cm³/mol. The number of pyridine rings is 1. The second-order valence-electron chi connectivity index (χ2n) is 3.36. The van der Waals surface area contributed by atoms with Crippen molar-refractivity contribution in [3.05, 3.63) is 28.5 Å². The fourth-order valence-electron chi connectivity index (χ4n) is 1.64. The average molecular weight is 209 g/mol. The molecule has 3 heteroatoms. The van der Waals surface area contributed by atoms with Crippen LogP contribution < -0.4 is 0 Å². The Morgan fingerprint density at radius 2 is 2.00 bits per heavy atom. The van der Waals surface area contributed by atoms with Crippen LogP contribution in [0.2, 0.25) is 5.15 Å². The van der Waals surface area contributed by atoms with Crippen molar-refractivity contribution in [2.45, 2.75) is 26.7 Å². The molecule has 2 heterocycles. The van der Waals surface area contributed by atoms with Crippen LogP contribution in [0.3, 0.4) is 0 Å². The van der Waals surface area contributed by atoms with Crippen molar-refractivity contribution in [1.29, 1.82) is 0 Å².